The lowest BCUT2D eigenvalue weighted by atomic mass is 10.1. The Hall–Kier alpha value is -2.56. The van der Waals surface area contributed by atoms with E-state index < -0.39 is 12.2 Å². The topological polar surface area (TPSA) is 76.6 Å². The molecule has 1 saturated heterocycles. The number of ether oxygens (including phenoxy) is 1. The lowest BCUT2D eigenvalue weighted by molar-refractivity contribution is -0.153. The molecule has 0 aromatic carbocycles. The number of alkyl halides is 3. The number of aromatic nitrogens is 3. The summed E-state index contributed by atoms with van der Waals surface area (Å²) in [5.41, 5.74) is 0.199. The maximum absolute atomic E-state index is 13.8. The summed E-state index contributed by atoms with van der Waals surface area (Å²) in [6, 6.07) is 1.16. The quantitative estimate of drug-likeness (QED) is 0.763. The highest BCUT2D eigenvalue weighted by Crippen LogP contribution is 2.35. The lowest BCUT2D eigenvalue weighted by Crippen LogP contribution is -2.52. The van der Waals surface area contributed by atoms with Gasteiger partial charge in [0.25, 0.3) is 5.56 Å². The summed E-state index contributed by atoms with van der Waals surface area (Å²) in [5, 5.41) is 3.75. The van der Waals surface area contributed by atoms with Gasteiger partial charge < -0.3 is 19.1 Å². The summed E-state index contributed by atoms with van der Waals surface area (Å²) >= 11 is 0. The molecule has 1 fully saturated rings. The zero-order valence-electron chi connectivity index (χ0n) is 16.1. The number of anilines is 2. The molecule has 0 bridgehead atoms. The van der Waals surface area contributed by atoms with Crippen molar-refractivity contribution in [2.75, 3.05) is 29.6 Å². The minimum absolute atomic E-state index is 0.00572. The second kappa shape index (κ2) is 7.36. The van der Waals surface area contributed by atoms with Crippen LogP contribution in [0, 0.1) is 6.92 Å². The van der Waals surface area contributed by atoms with Crippen LogP contribution in [0.2, 0.25) is 0 Å². The zero-order valence-corrected chi connectivity index (χ0v) is 16.1. The average Bonchev–Trinajstić information content (AvgIpc) is 3.06. The van der Waals surface area contributed by atoms with Gasteiger partial charge in [-0.3, -0.25) is 9.36 Å². The van der Waals surface area contributed by atoms with Crippen LogP contribution >= 0.6 is 0 Å². The molecule has 2 aromatic rings. The molecule has 4 rings (SSSR count). The van der Waals surface area contributed by atoms with Gasteiger partial charge >= 0.3 is 6.18 Å². The molecule has 0 amide bonds. The number of morpholine rings is 1. The molecule has 0 radical (unpaired) electrons. The number of hydrogen-bond donors (Lipinski definition) is 0. The number of halogens is 3. The predicted molar refractivity (Wildman–Crippen MR) is 98.0 cm³/mol. The molecule has 0 saturated carbocycles. The van der Waals surface area contributed by atoms with E-state index in [1.54, 1.807) is 13.0 Å². The minimum Gasteiger partial charge on any atom is -0.377 e. The number of rotatable bonds is 3. The van der Waals surface area contributed by atoms with Gasteiger partial charge in [-0.05, 0) is 20.3 Å². The van der Waals surface area contributed by atoms with E-state index in [1.807, 2.05) is 11.8 Å². The average molecular weight is 413 g/mol. The highest BCUT2D eigenvalue weighted by molar-refractivity contribution is 5.47. The van der Waals surface area contributed by atoms with E-state index >= 15 is 0 Å². The molecule has 0 N–H and O–H groups in total. The van der Waals surface area contributed by atoms with Gasteiger partial charge in [0.1, 0.15) is 11.9 Å². The highest BCUT2D eigenvalue weighted by Gasteiger charge is 2.47. The largest absolute Gasteiger partial charge is 0.408 e. The third-order valence-electron chi connectivity index (χ3n) is 5.28. The predicted octanol–water partition coefficient (Wildman–Crippen LogP) is 2.11. The van der Waals surface area contributed by atoms with Crippen molar-refractivity contribution in [1.82, 2.24) is 14.7 Å². The summed E-state index contributed by atoms with van der Waals surface area (Å²) in [5.74, 6) is 0.636. The Kier molecular flexibility index (Phi) is 5.01. The molecular formula is C18H22F3N5O3. The van der Waals surface area contributed by atoms with Crippen molar-refractivity contribution < 1.29 is 22.4 Å². The summed E-state index contributed by atoms with van der Waals surface area (Å²) < 4.78 is 53.2. The molecule has 2 unspecified atom stereocenters. The fourth-order valence-corrected chi connectivity index (χ4v) is 3.85. The molecular weight excluding hydrogens is 391 g/mol. The first-order valence-corrected chi connectivity index (χ1v) is 9.46. The van der Waals surface area contributed by atoms with Crippen LogP contribution in [-0.2, 0) is 17.8 Å². The molecule has 0 aliphatic carbocycles. The molecule has 2 aromatic heterocycles. The number of hydrogen-bond acceptors (Lipinski definition) is 7. The highest BCUT2D eigenvalue weighted by atomic mass is 19.4. The molecule has 2 atom stereocenters. The number of fused-ring (bicyclic) bond motifs is 1. The van der Waals surface area contributed by atoms with E-state index in [1.165, 1.54) is 10.6 Å². The standard InChI is InChI=1S/C18H22F3N5O3/c1-11-7-13(29-23-11)9-26-14(18(19,20)21)3-4-25-16(27)8-15(22-17(25)26)24-5-6-28-10-12(24)2/h7-8,12,14H,3-6,9-10H2,1-2H3. The minimum atomic E-state index is -4.47. The van der Waals surface area contributed by atoms with Crippen molar-refractivity contribution in [3.8, 4) is 0 Å². The second-order valence-corrected chi connectivity index (χ2v) is 7.43. The Morgan fingerprint density at radius 1 is 1.28 bits per heavy atom. The number of aryl methyl sites for hydroxylation is 1. The lowest BCUT2D eigenvalue weighted by Gasteiger charge is -2.40. The summed E-state index contributed by atoms with van der Waals surface area (Å²) in [4.78, 5) is 20.2. The maximum Gasteiger partial charge on any atom is 0.408 e. The zero-order chi connectivity index (χ0) is 20.8. The van der Waals surface area contributed by atoms with Crippen molar-refractivity contribution in [3.05, 3.63) is 33.9 Å². The molecule has 8 nitrogen and oxygen atoms in total. The van der Waals surface area contributed by atoms with Crippen LogP contribution in [0.4, 0.5) is 24.9 Å². The van der Waals surface area contributed by atoms with Crippen LogP contribution in [0.25, 0.3) is 0 Å². The van der Waals surface area contributed by atoms with E-state index in [0.717, 1.165) is 4.90 Å². The molecule has 11 heteroatoms. The summed E-state index contributed by atoms with van der Waals surface area (Å²) in [6.07, 6.45) is -4.71. The van der Waals surface area contributed by atoms with Crippen LogP contribution in [-0.4, -0.2) is 52.7 Å². The van der Waals surface area contributed by atoms with E-state index in [-0.39, 0.29) is 42.8 Å². The first-order valence-electron chi connectivity index (χ1n) is 9.46. The molecule has 4 heterocycles. The van der Waals surface area contributed by atoms with Gasteiger partial charge in [0.05, 0.1) is 31.5 Å². The fourth-order valence-electron chi connectivity index (χ4n) is 3.85. The monoisotopic (exact) mass is 413 g/mol. The van der Waals surface area contributed by atoms with Gasteiger partial charge in [0.2, 0.25) is 5.95 Å². The van der Waals surface area contributed by atoms with Gasteiger partial charge in [0, 0.05) is 25.2 Å². The van der Waals surface area contributed by atoms with E-state index in [9.17, 15) is 18.0 Å². The Balaban J connectivity index is 1.78. The van der Waals surface area contributed by atoms with Crippen LogP contribution in [0.5, 0.6) is 0 Å². The molecule has 2 aliphatic heterocycles. The van der Waals surface area contributed by atoms with E-state index in [4.69, 9.17) is 9.26 Å². The van der Waals surface area contributed by atoms with Gasteiger partial charge in [-0.15, -0.1) is 0 Å². The van der Waals surface area contributed by atoms with Crippen LogP contribution in [0.1, 0.15) is 24.8 Å². The van der Waals surface area contributed by atoms with E-state index in [2.05, 4.69) is 10.1 Å². The fraction of sp³-hybridized carbons (Fsp3) is 0.611. The number of nitrogens with zero attached hydrogens (tertiary/aromatic N) is 5. The van der Waals surface area contributed by atoms with Gasteiger partial charge in [-0.2, -0.15) is 18.2 Å². The third-order valence-corrected chi connectivity index (χ3v) is 5.28. The van der Waals surface area contributed by atoms with E-state index in [0.29, 0.717) is 31.3 Å². The van der Waals surface area contributed by atoms with Gasteiger partial charge in [-0.25, -0.2) is 0 Å². The normalized spacial score (nSPS) is 22.7. The second-order valence-electron chi connectivity index (χ2n) is 7.43. The third kappa shape index (κ3) is 3.83. The van der Waals surface area contributed by atoms with Crippen molar-refractivity contribution in [2.24, 2.45) is 0 Å². The Morgan fingerprint density at radius 2 is 2.07 bits per heavy atom. The van der Waals surface area contributed by atoms with Crippen LogP contribution in [0.15, 0.2) is 21.5 Å². The van der Waals surface area contributed by atoms with Gasteiger partial charge in [-0.1, -0.05) is 5.16 Å². The SMILES string of the molecule is Cc1cc(CN2c3nc(N4CCOCC4C)cc(=O)n3CCC2C(F)(F)F)on1. The molecule has 0 spiro atoms. The first kappa shape index (κ1) is 19.7. The maximum atomic E-state index is 13.8. The Morgan fingerprint density at radius 3 is 2.72 bits per heavy atom. The van der Waals surface area contributed by atoms with Crippen molar-refractivity contribution in [2.45, 2.75) is 51.6 Å². The van der Waals surface area contributed by atoms with Gasteiger partial charge in [0.15, 0.2) is 5.76 Å². The van der Waals surface area contributed by atoms with Crippen LogP contribution < -0.4 is 15.4 Å². The van der Waals surface area contributed by atoms with Crippen LogP contribution in [0.3, 0.4) is 0 Å². The van der Waals surface area contributed by atoms with Crippen molar-refractivity contribution in [3.63, 3.8) is 0 Å². The first-order chi connectivity index (χ1) is 13.7. The molecule has 29 heavy (non-hydrogen) atoms. The molecule has 158 valence electrons. The molecule has 2 aliphatic rings. The summed E-state index contributed by atoms with van der Waals surface area (Å²) in [7, 11) is 0. The smallest absolute Gasteiger partial charge is 0.377 e. The Bertz CT molecular complexity index is 942. The van der Waals surface area contributed by atoms with Crippen molar-refractivity contribution >= 4 is 11.8 Å². The summed E-state index contributed by atoms with van der Waals surface area (Å²) in [6.45, 7) is 4.84. The van der Waals surface area contributed by atoms with Crippen molar-refractivity contribution in [1.29, 1.82) is 0 Å². The Labute approximate surface area is 164 Å².